The fraction of sp³-hybridized carbons (Fsp3) is 0.417. The van der Waals surface area contributed by atoms with E-state index in [2.05, 4.69) is 4.72 Å². The van der Waals surface area contributed by atoms with Gasteiger partial charge in [0.05, 0.1) is 12.4 Å². The summed E-state index contributed by atoms with van der Waals surface area (Å²) in [6, 6.07) is 6.39. The fourth-order valence-corrected chi connectivity index (χ4v) is 2.27. The van der Waals surface area contributed by atoms with E-state index in [1.807, 2.05) is 0 Å². The first-order chi connectivity index (χ1) is 8.44. The minimum Gasteiger partial charge on any atom is -0.381 e. The molecule has 5 nitrogen and oxygen atoms in total. The molecule has 0 aliphatic rings. The fourth-order valence-electron chi connectivity index (χ4n) is 1.35. The van der Waals surface area contributed by atoms with Gasteiger partial charge in [0.1, 0.15) is 0 Å². The van der Waals surface area contributed by atoms with Crippen LogP contribution in [-0.2, 0) is 14.8 Å². The van der Waals surface area contributed by atoms with Crippen molar-refractivity contribution in [2.45, 2.75) is 13.8 Å². The van der Waals surface area contributed by atoms with E-state index < -0.39 is 10.0 Å². The molecule has 0 bridgehead atoms. The number of sulfonamides is 1. The maximum absolute atomic E-state index is 11.7. The largest absolute Gasteiger partial charge is 0.381 e. The number of hydrogen-bond acceptors (Lipinski definition) is 4. The van der Waals surface area contributed by atoms with Gasteiger partial charge < -0.3 is 4.74 Å². The van der Waals surface area contributed by atoms with E-state index in [0.717, 1.165) is 0 Å². The Bertz CT molecular complexity index is 511. The molecule has 0 radical (unpaired) electrons. The number of carbonyl (C=O) groups is 1. The third-order valence-corrected chi connectivity index (χ3v) is 3.49. The highest BCUT2D eigenvalue weighted by molar-refractivity contribution is 7.92. The van der Waals surface area contributed by atoms with Crippen molar-refractivity contribution in [3.63, 3.8) is 0 Å². The van der Waals surface area contributed by atoms with Gasteiger partial charge in [-0.2, -0.15) is 0 Å². The number of hydrogen-bond donors (Lipinski definition) is 1. The number of carbonyl (C=O) groups excluding carboxylic acids is 1. The van der Waals surface area contributed by atoms with Crippen LogP contribution in [0, 0.1) is 0 Å². The Morgan fingerprint density at radius 2 is 2.11 bits per heavy atom. The molecule has 1 N–H and O–H groups in total. The molecule has 0 atom stereocenters. The standard InChI is InChI=1S/C12H17NO4S/c1-3-17-7-8-18(15,16)13-12-6-4-5-11(9-12)10(2)14/h4-6,9,13H,3,7-8H2,1-2H3. The third kappa shape index (κ3) is 4.85. The van der Waals surface area contributed by atoms with Crippen molar-refractivity contribution in [2.24, 2.45) is 0 Å². The molecule has 6 heteroatoms. The van der Waals surface area contributed by atoms with Crippen LogP contribution in [-0.4, -0.2) is 33.2 Å². The summed E-state index contributed by atoms with van der Waals surface area (Å²) in [5.41, 5.74) is 0.860. The van der Waals surface area contributed by atoms with Crippen molar-refractivity contribution >= 4 is 21.5 Å². The average Bonchev–Trinajstić information content (AvgIpc) is 2.28. The van der Waals surface area contributed by atoms with Crippen molar-refractivity contribution in [1.29, 1.82) is 0 Å². The topological polar surface area (TPSA) is 72.5 Å². The van der Waals surface area contributed by atoms with E-state index in [1.54, 1.807) is 25.1 Å². The summed E-state index contributed by atoms with van der Waals surface area (Å²) in [5.74, 6) is -0.212. The van der Waals surface area contributed by atoms with Crippen LogP contribution in [0.2, 0.25) is 0 Å². The first-order valence-electron chi connectivity index (χ1n) is 5.64. The predicted octanol–water partition coefficient (Wildman–Crippen LogP) is 1.67. The van der Waals surface area contributed by atoms with Crippen molar-refractivity contribution in [1.82, 2.24) is 0 Å². The van der Waals surface area contributed by atoms with Crippen LogP contribution in [0.25, 0.3) is 0 Å². The maximum Gasteiger partial charge on any atom is 0.234 e. The summed E-state index contributed by atoms with van der Waals surface area (Å²) in [6.45, 7) is 3.87. The Kier molecular flexibility index (Phi) is 5.30. The van der Waals surface area contributed by atoms with Gasteiger partial charge in [0.2, 0.25) is 10.0 Å². The second-order valence-electron chi connectivity index (χ2n) is 3.75. The van der Waals surface area contributed by atoms with Crippen LogP contribution in [0.4, 0.5) is 5.69 Å². The van der Waals surface area contributed by atoms with Gasteiger partial charge in [0.25, 0.3) is 0 Å². The second kappa shape index (κ2) is 6.51. The summed E-state index contributed by atoms with van der Waals surface area (Å²) in [4.78, 5) is 11.2. The Labute approximate surface area is 107 Å². The maximum atomic E-state index is 11.7. The molecule has 0 spiro atoms. The quantitative estimate of drug-likeness (QED) is 0.605. The summed E-state index contributed by atoms with van der Waals surface area (Å²) < 4.78 is 30.8. The van der Waals surface area contributed by atoms with Crippen LogP contribution in [0.15, 0.2) is 24.3 Å². The molecule has 0 amide bonds. The van der Waals surface area contributed by atoms with Gasteiger partial charge in [-0.15, -0.1) is 0 Å². The normalized spacial score (nSPS) is 11.2. The Balaban J connectivity index is 2.72. The molecule has 0 saturated heterocycles. The molecule has 0 fully saturated rings. The monoisotopic (exact) mass is 271 g/mol. The van der Waals surface area contributed by atoms with E-state index in [-0.39, 0.29) is 18.1 Å². The first-order valence-corrected chi connectivity index (χ1v) is 7.29. The minimum absolute atomic E-state index is 0.106. The molecule has 0 aliphatic carbocycles. The Morgan fingerprint density at radius 1 is 1.39 bits per heavy atom. The lowest BCUT2D eigenvalue weighted by molar-refractivity contribution is 0.101. The van der Waals surface area contributed by atoms with Gasteiger partial charge in [0.15, 0.2) is 5.78 Å². The lowest BCUT2D eigenvalue weighted by Crippen LogP contribution is -2.20. The minimum atomic E-state index is -3.44. The van der Waals surface area contributed by atoms with Crippen molar-refractivity contribution in [3.8, 4) is 0 Å². The molecule has 0 saturated carbocycles. The van der Waals surface area contributed by atoms with Gasteiger partial charge >= 0.3 is 0 Å². The van der Waals surface area contributed by atoms with Crippen LogP contribution in [0.3, 0.4) is 0 Å². The lowest BCUT2D eigenvalue weighted by atomic mass is 10.1. The smallest absolute Gasteiger partial charge is 0.234 e. The number of Topliss-reactive ketones (excluding diaryl/α,β-unsaturated/α-hetero) is 1. The highest BCUT2D eigenvalue weighted by Crippen LogP contribution is 2.12. The van der Waals surface area contributed by atoms with E-state index in [4.69, 9.17) is 4.74 Å². The zero-order valence-corrected chi connectivity index (χ0v) is 11.3. The first kappa shape index (κ1) is 14.7. The Hall–Kier alpha value is -1.40. The van der Waals surface area contributed by atoms with E-state index in [9.17, 15) is 13.2 Å². The molecule has 0 unspecified atom stereocenters. The number of rotatable bonds is 7. The van der Waals surface area contributed by atoms with Crippen molar-refractivity contribution in [3.05, 3.63) is 29.8 Å². The Morgan fingerprint density at radius 3 is 2.72 bits per heavy atom. The molecule has 100 valence electrons. The molecule has 0 aliphatic heterocycles. The van der Waals surface area contributed by atoms with E-state index >= 15 is 0 Å². The summed E-state index contributed by atoms with van der Waals surface area (Å²) in [5, 5.41) is 0. The average molecular weight is 271 g/mol. The zero-order valence-electron chi connectivity index (χ0n) is 10.5. The molecule has 1 rings (SSSR count). The number of benzene rings is 1. The van der Waals surface area contributed by atoms with Crippen molar-refractivity contribution in [2.75, 3.05) is 23.7 Å². The molecule has 18 heavy (non-hydrogen) atoms. The zero-order chi connectivity index (χ0) is 13.6. The summed E-state index contributed by atoms with van der Waals surface area (Å²) >= 11 is 0. The van der Waals surface area contributed by atoms with Gasteiger partial charge in [-0.1, -0.05) is 12.1 Å². The lowest BCUT2D eigenvalue weighted by Gasteiger charge is -2.08. The molecule has 1 aromatic rings. The second-order valence-corrected chi connectivity index (χ2v) is 5.60. The molecular formula is C12H17NO4S. The van der Waals surface area contributed by atoms with Crippen molar-refractivity contribution < 1.29 is 17.9 Å². The third-order valence-electron chi connectivity index (χ3n) is 2.24. The number of anilines is 1. The summed E-state index contributed by atoms with van der Waals surface area (Å²) in [6.07, 6.45) is 0. The summed E-state index contributed by atoms with van der Waals surface area (Å²) in [7, 11) is -3.44. The number of nitrogens with one attached hydrogen (secondary N) is 1. The number of ketones is 1. The van der Waals surface area contributed by atoms with Crippen LogP contribution >= 0.6 is 0 Å². The van der Waals surface area contributed by atoms with E-state index in [0.29, 0.717) is 17.9 Å². The number of ether oxygens (including phenoxy) is 1. The molecule has 0 aromatic heterocycles. The van der Waals surface area contributed by atoms with Crippen LogP contribution in [0.1, 0.15) is 24.2 Å². The highest BCUT2D eigenvalue weighted by Gasteiger charge is 2.10. The van der Waals surface area contributed by atoms with Crippen LogP contribution < -0.4 is 4.72 Å². The van der Waals surface area contributed by atoms with Gasteiger partial charge in [-0.25, -0.2) is 8.42 Å². The SMILES string of the molecule is CCOCCS(=O)(=O)Nc1cccc(C(C)=O)c1. The van der Waals surface area contributed by atoms with E-state index in [1.165, 1.54) is 13.0 Å². The molecular weight excluding hydrogens is 254 g/mol. The molecule has 1 aromatic carbocycles. The highest BCUT2D eigenvalue weighted by atomic mass is 32.2. The van der Waals surface area contributed by atoms with Gasteiger partial charge in [0, 0.05) is 17.9 Å². The van der Waals surface area contributed by atoms with Gasteiger partial charge in [-0.05, 0) is 26.0 Å². The van der Waals surface area contributed by atoms with Gasteiger partial charge in [-0.3, -0.25) is 9.52 Å². The van der Waals surface area contributed by atoms with Crippen LogP contribution in [0.5, 0.6) is 0 Å². The molecule has 0 heterocycles. The predicted molar refractivity (Wildman–Crippen MR) is 70.3 cm³/mol.